The minimum absolute atomic E-state index is 0.451. The Morgan fingerprint density at radius 2 is 2.04 bits per heavy atom. The van der Waals surface area contributed by atoms with E-state index in [4.69, 9.17) is 5.73 Å². The second-order valence-electron chi connectivity index (χ2n) is 6.21. The third-order valence-corrected chi connectivity index (χ3v) is 4.46. The fraction of sp³-hybridized carbons (Fsp3) is 0.211. The molecule has 3 aromatic heterocycles. The number of nitrogens with one attached hydrogen (secondary N) is 1. The minimum atomic E-state index is 0.451. The van der Waals surface area contributed by atoms with Crippen LogP contribution in [0, 0.1) is 0 Å². The lowest BCUT2D eigenvalue weighted by Gasteiger charge is -2.10. The molecule has 1 aromatic carbocycles. The van der Waals surface area contributed by atoms with Gasteiger partial charge in [-0.2, -0.15) is 0 Å². The predicted molar refractivity (Wildman–Crippen MR) is 101 cm³/mol. The highest BCUT2D eigenvalue weighted by Crippen LogP contribution is 2.29. The van der Waals surface area contributed by atoms with Gasteiger partial charge in [0, 0.05) is 23.3 Å². The molecule has 0 spiro atoms. The number of hydrogen-bond donors (Lipinski definition) is 2. The summed E-state index contributed by atoms with van der Waals surface area (Å²) in [6.07, 6.45) is 3.61. The molecule has 0 bridgehead atoms. The van der Waals surface area contributed by atoms with Gasteiger partial charge in [-0.05, 0) is 31.3 Å². The molecule has 0 saturated carbocycles. The second-order valence-corrected chi connectivity index (χ2v) is 6.21. The Labute approximate surface area is 145 Å². The van der Waals surface area contributed by atoms with Gasteiger partial charge < -0.3 is 10.7 Å². The standard InChI is InChI=1S/C19H20N6/c1-3-25(2)11-16-23-17-14-7-6-12(13-5-4-8-21-10-13)9-15(14)22-19(20)18(17)24-16/h4-10H,3,11H2,1-2H3,(H2,20,22)(H,23,24). The molecule has 0 fully saturated rings. The molecule has 4 aromatic rings. The lowest BCUT2D eigenvalue weighted by Crippen LogP contribution is -2.17. The molecule has 0 atom stereocenters. The van der Waals surface area contributed by atoms with E-state index < -0.39 is 0 Å². The van der Waals surface area contributed by atoms with E-state index in [1.54, 1.807) is 6.20 Å². The van der Waals surface area contributed by atoms with Gasteiger partial charge in [-0.15, -0.1) is 0 Å². The number of H-pyrrole nitrogens is 1. The van der Waals surface area contributed by atoms with Crippen LogP contribution >= 0.6 is 0 Å². The third kappa shape index (κ3) is 2.81. The third-order valence-electron chi connectivity index (χ3n) is 4.46. The van der Waals surface area contributed by atoms with Crippen molar-refractivity contribution >= 4 is 27.8 Å². The summed E-state index contributed by atoms with van der Waals surface area (Å²) in [5.41, 5.74) is 10.8. The number of hydrogen-bond acceptors (Lipinski definition) is 5. The molecule has 0 aliphatic rings. The number of anilines is 1. The maximum atomic E-state index is 6.17. The molecule has 4 rings (SSSR count). The van der Waals surface area contributed by atoms with E-state index >= 15 is 0 Å². The van der Waals surface area contributed by atoms with Crippen LogP contribution in [-0.2, 0) is 6.54 Å². The lowest BCUT2D eigenvalue weighted by atomic mass is 10.0. The van der Waals surface area contributed by atoms with Gasteiger partial charge in [0.25, 0.3) is 0 Å². The van der Waals surface area contributed by atoms with Crippen molar-refractivity contribution in [2.45, 2.75) is 13.5 Å². The number of aromatic nitrogens is 4. The number of nitrogens with zero attached hydrogens (tertiary/aromatic N) is 4. The van der Waals surface area contributed by atoms with E-state index in [-0.39, 0.29) is 0 Å². The molecule has 0 aliphatic carbocycles. The molecule has 0 unspecified atom stereocenters. The SMILES string of the molecule is CCN(C)Cc1nc2c(N)nc3cc(-c4cccnc4)ccc3c2[nH]1. The first-order valence-electron chi connectivity index (χ1n) is 8.32. The molecule has 6 heteroatoms. The van der Waals surface area contributed by atoms with E-state index in [1.165, 1.54) is 0 Å². The summed E-state index contributed by atoms with van der Waals surface area (Å²) in [5, 5.41) is 1.02. The summed E-state index contributed by atoms with van der Waals surface area (Å²) >= 11 is 0. The number of nitrogen functional groups attached to an aromatic ring is 1. The van der Waals surface area contributed by atoms with Gasteiger partial charge in [0.05, 0.1) is 17.6 Å². The van der Waals surface area contributed by atoms with Crippen molar-refractivity contribution in [1.82, 2.24) is 24.8 Å². The number of benzene rings is 1. The fourth-order valence-electron chi connectivity index (χ4n) is 2.98. The van der Waals surface area contributed by atoms with E-state index in [0.29, 0.717) is 5.82 Å². The predicted octanol–water partition coefficient (Wildman–Crippen LogP) is 3.21. The number of aromatic amines is 1. The second kappa shape index (κ2) is 6.14. The monoisotopic (exact) mass is 332 g/mol. The Balaban J connectivity index is 1.86. The van der Waals surface area contributed by atoms with E-state index in [1.807, 2.05) is 24.4 Å². The highest BCUT2D eigenvalue weighted by Gasteiger charge is 2.13. The number of fused-ring (bicyclic) bond motifs is 3. The Bertz CT molecular complexity index is 1040. The van der Waals surface area contributed by atoms with Crippen molar-refractivity contribution in [2.24, 2.45) is 0 Å². The minimum Gasteiger partial charge on any atom is -0.382 e. The zero-order chi connectivity index (χ0) is 17.4. The molecule has 126 valence electrons. The van der Waals surface area contributed by atoms with E-state index in [9.17, 15) is 0 Å². The molecule has 0 radical (unpaired) electrons. The molecular formula is C19H20N6. The molecular weight excluding hydrogens is 312 g/mol. The first-order valence-corrected chi connectivity index (χ1v) is 8.32. The summed E-state index contributed by atoms with van der Waals surface area (Å²) in [5.74, 6) is 1.35. The van der Waals surface area contributed by atoms with Gasteiger partial charge in [-0.1, -0.05) is 25.1 Å². The Kier molecular flexibility index (Phi) is 3.82. The Morgan fingerprint density at radius 1 is 1.16 bits per heavy atom. The molecule has 6 nitrogen and oxygen atoms in total. The summed E-state index contributed by atoms with van der Waals surface area (Å²) in [4.78, 5) is 19.0. The van der Waals surface area contributed by atoms with Crippen molar-refractivity contribution in [2.75, 3.05) is 19.3 Å². The highest BCUT2D eigenvalue weighted by atomic mass is 15.1. The maximum Gasteiger partial charge on any atom is 0.152 e. The van der Waals surface area contributed by atoms with Crippen LogP contribution in [0.3, 0.4) is 0 Å². The zero-order valence-corrected chi connectivity index (χ0v) is 14.3. The summed E-state index contributed by atoms with van der Waals surface area (Å²) in [6, 6.07) is 10.1. The number of imidazole rings is 1. The van der Waals surface area contributed by atoms with Gasteiger partial charge in [0.2, 0.25) is 0 Å². The number of rotatable bonds is 4. The van der Waals surface area contributed by atoms with E-state index in [0.717, 1.165) is 52.0 Å². The van der Waals surface area contributed by atoms with Crippen LogP contribution in [-0.4, -0.2) is 38.4 Å². The fourth-order valence-corrected chi connectivity index (χ4v) is 2.98. The summed E-state index contributed by atoms with van der Waals surface area (Å²) in [6.45, 7) is 3.83. The molecule has 0 saturated heterocycles. The van der Waals surface area contributed by atoms with E-state index in [2.05, 4.69) is 50.9 Å². The maximum absolute atomic E-state index is 6.17. The number of nitrogens with two attached hydrogens (primary N) is 1. The smallest absolute Gasteiger partial charge is 0.152 e. The van der Waals surface area contributed by atoms with Crippen LogP contribution < -0.4 is 5.73 Å². The van der Waals surface area contributed by atoms with Crippen LogP contribution in [0.1, 0.15) is 12.7 Å². The van der Waals surface area contributed by atoms with Gasteiger partial charge >= 0.3 is 0 Å². The van der Waals surface area contributed by atoms with Crippen molar-refractivity contribution in [3.8, 4) is 11.1 Å². The Morgan fingerprint density at radius 3 is 2.80 bits per heavy atom. The van der Waals surface area contributed by atoms with Gasteiger partial charge in [0.1, 0.15) is 11.3 Å². The van der Waals surface area contributed by atoms with Gasteiger partial charge in [-0.3, -0.25) is 9.88 Å². The largest absolute Gasteiger partial charge is 0.382 e. The average molecular weight is 332 g/mol. The van der Waals surface area contributed by atoms with Crippen molar-refractivity contribution in [1.29, 1.82) is 0 Å². The molecule has 0 aliphatic heterocycles. The zero-order valence-electron chi connectivity index (χ0n) is 14.3. The van der Waals surface area contributed by atoms with Crippen LogP contribution in [0.15, 0.2) is 42.7 Å². The van der Waals surface area contributed by atoms with Crippen molar-refractivity contribution in [3.63, 3.8) is 0 Å². The topological polar surface area (TPSA) is 83.7 Å². The number of pyridine rings is 2. The van der Waals surface area contributed by atoms with Crippen LogP contribution in [0.5, 0.6) is 0 Å². The summed E-state index contributed by atoms with van der Waals surface area (Å²) in [7, 11) is 2.06. The molecule has 25 heavy (non-hydrogen) atoms. The van der Waals surface area contributed by atoms with Crippen molar-refractivity contribution < 1.29 is 0 Å². The first-order chi connectivity index (χ1) is 12.2. The quantitative estimate of drug-likeness (QED) is 0.599. The van der Waals surface area contributed by atoms with Gasteiger partial charge in [0.15, 0.2) is 5.82 Å². The molecule has 3 heterocycles. The first kappa shape index (κ1) is 15.5. The van der Waals surface area contributed by atoms with Crippen molar-refractivity contribution in [3.05, 3.63) is 48.5 Å². The van der Waals surface area contributed by atoms with Crippen LogP contribution in [0.4, 0.5) is 5.82 Å². The Hall–Kier alpha value is -2.99. The average Bonchev–Trinajstić information content (AvgIpc) is 3.06. The van der Waals surface area contributed by atoms with Gasteiger partial charge in [-0.25, -0.2) is 9.97 Å². The molecule has 3 N–H and O–H groups in total. The normalized spacial score (nSPS) is 11.6. The summed E-state index contributed by atoms with van der Waals surface area (Å²) < 4.78 is 0. The lowest BCUT2D eigenvalue weighted by molar-refractivity contribution is 0.338. The van der Waals surface area contributed by atoms with Crippen LogP contribution in [0.25, 0.3) is 33.1 Å². The van der Waals surface area contributed by atoms with Crippen LogP contribution in [0.2, 0.25) is 0 Å². The molecule has 0 amide bonds. The highest BCUT2D eigenvalue weighted by molar-refractivity contribution is 6.07.